The minimum atomic E-state index is -0.109. The second-order valence-corrected chi connectivity index (χ2v) is 7.76. The molecule has 7 heteroatoms. The summed E-state index contributed by atoms with van der Waals surface area (Å²) in [6.45, 7) is 8.01. The first-order chi connectivity index (χ1) is 13.1. The van der Waals surface area contributed by atoms with Crippen molar-refractivity contribution >= 4 is 30.0 Å². The molecule has 1 aromatic carbocycles. The van der Waals surface area contributed by atoms with Gasteiger partial charge in [0.05, 0.1) is 5.92 Å². The zero-order chi connectivity index (χ0) is 19.2. The van der Waals surface area contributed by atoms with Gasteiger partial charge >= 0.3 is 6.03 Å². The normalized spacial score (nSPS) is 21.7. The summed E-state index contributed by atoms with van der Waals surface area (Å²) in [6.07, 6.45) is 3.73. The highest BCUT2D eigenvalue weighted by Gasteiger charge is 2.34. The first-order valence-electron chi connectivity index (χ1n) is 10.2. The molecule has 2 aliphatic heterocycles. The van der Waals surface area contributed by atoms with Gasteiger partial charge in [-0.3, -0.25) is 4.79 Å². The van der Waals surface area contributed by atoms with E-state index in [9.17, 15) is 9.59 Å². The van der Waals surface area contributed by atoms with Crippen molar-refractivity contribution in [3.8, 4) is 0 Å². The Bertz CT molecular complexity index is 664. The topological polar surface area (TPSA) is 64.7 Å². The zero-order valence-corrected chi connectivity index (χ0v) is 17.8. The molecule has 0 spiro atoms. The number of nitrogens with one attached hydrogen (secondary N) is 2. The molecule has 3 rings (SSSR count). The summed E-state index contributed by atoms with van der Waals surface area (Å²) in [6, 6.07) is 7.99. The minimum Gasteiger partial charge on any atom is -0.338 e. The van der Waals surface area contributed by atoms with Crippen molar-refractivity contribution in [2.24, 2.45) is 5.92 Å². The molecule has 2 unspecified atom stereocenters. The van der Waals surface area contributed by atoms with Crippen LogP contribution in [0, 0.1) is 12.8 Å². The molecule has 0 aromatic heterocycles. The fraction of sp³-hybridized carbons (Fsp3) is 0.619. The van der Waals surface area contributed by atoms with E-state index in [2.05, 4.69) is 22.5 Å². The van der Waals surface area contributed by atoms with Crippen molar-refractivity contribution in [1.29, 1.82) is 0 Å². The summed E-state index contributed by atoms with van der Waals surface area (Å²) < 4.78 is 0. The lowest BCUT2D eigenvalue weighted by Crippen LogP contribution is -2.51. The monoisotopic (exact) mass is 408 g/mol. The molecule has 2 aliphatic rings. The molecule has 156 valence electrons. The van der Waals surface area contributed by atoms with Gasteiger partial charge in [-0.15, -0.1) is 12.4 Å². The molecule has 0 saturated carbocycles. The van der Waals surface area contributed by atoms with Crippen LogP contribution in [0.3, 0.4) is 0 Å². The smallest absolute Gasteiger partial charge is 0.321 e. The van der Waals surface area contributed by atoms with Crippen LogP contribution in [0.2, 0.25) is 0 Å². The van der Waals surface area contributed by atoms with Crippen LogP contribution in [0.5, 0.6) is 0 Å². The van der Waals surface area contributed by atoms with Crippen LogP contribution in [0.1, 0.15) is 38.2 Å². The Morgan fingerprint density at radius 3 is 2.82 bits per heavy atom. The van der Waals surface area contributed by atoms with Gasteiger partial charge in [-0.05, 0) is 56.8 Å². The number of carbonyl (C=O) groups is 2. The quantitative estimate of drug-likeness (QED) is 0.785. The molecule has 6 nitrogen and oxygen atoms in total. The maximum atomic E-state index is 13.2. The van der Waals surface area contributed by atoms with Gasteiger partial charge in [-0.25, -0.2) is 4.79 Å². The Kier molecular flexibility index (Phi) is 8.58. The van der Waals surface area contributed by atoms with Gasteiger partial charge in [0.25, 0.3) is 0 Å². The molecular formula is C21H33ClN4O2. The summed E-state index contributed by atoms with van der Waals surface area (Å²) in [7, 11) is 0. The Morgan fingerprint density at radius 1 is 1.32 bits per heavy atom. The molecule has 1 aromatic rings. The molecular weight excluding hydrogens is 376 g/mol. The fourth-order valence-electron chi connectivity index (χ4n) is 4.14. The standard InChI is InChI=1S/C21H32N4O2.ClH/c1-3-11-25(19-9-10-22-14-19)20(26)17-7-5-12-24(15-17)21(27)23-18-8-4-6-16(2)13-18;/h4,6,8,13,17,19,22H,3,5,7,9-12,14-15H2,1-2H3,(H,23,27);1H. The summed E-state index contributed by atoms with van der Waals surface area (Å²) in [5.74, 6) is 0.132. The highest BCUT2D eigenvalue weighted by atomic mass is 35.5. The van der Waals surface area contributed by atoms with E-state index >= 15 is 0 Å². The molecule has 0 bridgehead atoms. The summed E-state index contributed by atoms with van der Waals surface area (Å²) in [5.41, 5.74) is 1.91. The largest absolute Gasteiger partial charge is 0.338 e. The predicted molar refractivity (Wildman–Crippen MR) is 115 cm³/mol. The number of halogens is 1. The van der Waals surface area contributed by atoms with Crippen LogP contribution in [-0.4, -0.2) is 60.5 Å². The van der Waals surface area contributed by atoms with E-state index in [-0.39, 0.29) is 30.3 Å². The third kappa shape index (κ3) is 5.61. The van der Waals surface area contributed by atoms with Crippen LogP contribution in [0.25, 0.3) is 0 Å². The second kappa shape index (κ2) is 10.7. The average molecular weight is 409 g/mol. The Balaban J connectivity index is 0.00000280. The number of piperidine rings is 1. The number of rotatable bonds is 5. The SMILES string of the molecule is CCCN(C(=O)C1CCCN(C(=O)Nc2cccc(C)c2)C1)C1CCNC1.Cl. The number of anilines is 1. The molecule has 2 N–H and O–H groups in total. The maximum Gasteiger partial charge on any atom is 0.321 e. The van der Waals surface area contributed by atoms with Crippen LogP contribution < -0.4 is 10.6 Å². The van der Waals surface area contributed by atoms with Crippen molar-refractivity contribution in [2.45, 2.75) is 45.6 Å². The number of hydrogen-bond acceptors (Lipinski definition) is 3. The molecule has 2 atom stereocenters. The molecule has 28 heavy (non-hydrogen) atoms. The van der Waals surface area contributed by atoms with Crippen LogP contribution in [-0.2, 0) is 4.79 Å². The fourth-order valence-corrected chi connectivity index (χ4v) is 4.14. The summed E-state index contributed by atoms with van der Waals surface area (Å²) >= 11 is 0. The highest BCUT2D eigenvalue weighted by molar-refractivity contribution is 5.90. The molecule has 2 saturated heterocycles. The summed E-state index contributed by atoms with van der Waals surface area (Å²) in [5, 5.41) is 6.33. The van der Waals surface area contributed by atoms with Crippen molar-refractivity contribution in [1.82, 2.24) is 15.1 Å². The van der Waals surface area contributed by atoms with E-state index in [1.165, 1.54) is 0 Å². The number of amides is 3. The van der Waals surface area contributed by atoms with E-state index in [1.807, 2.05) is 31.2 Å². The Morgan fingerprint density at radius 2 is 2.14 bits per heavy atom. The number of aryl methyl sites for hydroxylation is 1. The van der Waals surface area contributed by atoms with Gasteiger partial charge in [0, 0.05) is 37.9 Å². The van der Waals surface area contributed by atoms with Crippen molar-refractivity contribution < 1.29 is 9.59 Å². The first-order valence-corrected chi connectivity index (χ1v) is 10.2. The van der Waals surface area contributed by atoms with Gasteiger partial charge in [0.15, 0.2) is 0 Å². The van der Waals surface area contributed by atoms with E-state index in [1.54, 1.807) is 4.90 Å². The third-order valence-corrected chi connectivity index (χ3v) is 5.55. The van der Waals surface area contributed by atoms with E-state index < -0.39 is 0 Å². The van der Waals surface area contributed by atoms with Crippen molar-refractivity contribution in [3.05, 3.63) is 29.8 Å². The van der Waals surface area contributed by atoms with E-state index in [4.69, 9.17) is 0 Å². The van der Waals surface area contributed by atoms with Gasteiger partial charge in [-0.2, -0.15) is 0 Å². The van der Waals surface area contributed by atoms with Gasteiger partial charge in [0.2, 0.25) is 5.91 Å². The number of urea groups is 1. The van der Waals surface area contributed by atoms with Crippen molar-refractivity contribution in [2.75, 3.05) is 38.0 Å². The number of benzene rings is 1. The molecule has 0 aliphatic carbocycles. The maximum absolute atomic E-state index is 13.2. The molecule has 0 radical (unpaired) electrons. The van der Waals surface area contributed by atoms with Crippen LogP contribution in [0.4, 0.5) is 10.5 Å². The third-order valence-electron chi connectivity index (χ3n) is 5.55. The predicted octanol–water partition coefficient (Wildman–Crippen LogP) is 3.26. The Hall–Kier alpha value is -1.79. The van der Waals surface area contributed by atoms with Gasteiger partial charge in [0.1, 0.15) is 0 Å². The number of likely N-dealkylation sites (tertiary alicyclic amines) is 1. The minimum absolute atomic E-state index is 0. The second-order valence-electron chi connectivity index (χ2n) is 7.76. The number of carbonyl (C=O) groups excluding carboxylic acids is 2. The zero-order valence-electron chi connectivity index (χ0n) is 16.9. The summed E-state index contributed by atoms with van der Waals surface area (Å²) in [4.78, 5) is 29.7. The van der Waals surface area contributed by atoms with E-state index in [0.29, 0.717) is 19.1 Å². The van der Waals surface area contributed by atoms with Crippen LogP contribution in [0.15, 0.2) is 24.3 Å². The van der Waals surface area contributed by atoms with E-state index in [0.717, 1.165) is 56.6 Å². The lowest BCUT2D eigenvalue weighted by molar-refractivity contribution is -0.139. The van der Waals surface area contributed by atoms with Gasteiger partial charge in [-0.1, -0.05) is 19.1 Å². The lowest BCUT2D eigenvalue weighted by atomic mass is 9.95. The lowest BCUT2D eigenvalue weighted by Gasteiger charge is -2.37. The highest BCUT2D eigenvalue weighted by Crippen LogP contribution is 2.22. The Labute approximate surface area is 174 Å². The molecule has 2 fully saturated rings. The molecule has 2 heterocycles. The number of nitrogens with zero attached hydrogens (tertiary/aromatic N) is 2. The van der Waals surface area contributed by atoms with Crippen molar-refractivity contribution in [3.63, 3.8) is 0 Å². The average Bonchev–Trinajstić information content (AvgIpc) is 3.20. The first kappa shape index (κ1) is 22.5. The number of hydrogen-bond donors (Lipinski definition) is 2. The van der Waals surface area contributed by atoms with Gasteiger partial charge < -0.3 is 20.4 Å². The molecule has 3 amide bonds. The van der Waals surface area contributed by atoms with Crippen LogP contribution >= 0.6 is 12.4 Å².